The van der Waals surface area contributed by atoms with Crippen molar-refractivity contribution in [3.05, 3.63) is 57.8 Å². The third kappa shape index (κ3) is 3.29. The average molecular weight is 327 g/mol. The zero-order valence-electron chi connectivity index (χ0n) is 10.5. The van der Waals surface area contributed by atoms with Crippen LogP contribution in [0.5, 0.6) is 0 Å². The number of pyridine rings is 1. The van der Waals surface area contributed by atoms with E-state index in [1.165, 1.54) is 18.3 Å². The first-order chi connectivity index (χ1) is 8.97. The molecule has 0 saturated carbocycles. The van der Waals surface area contributed by atoms with E-state index in [2.05, 4.69) is 26.2 Å². The highest BCUT2D eigenvalue weighted by Gasteiger charge is 2.10. The van der Waals surface area contributed by atoms with E-state index in [-0.39, 0.29) is 17.7 Å². The van der Waals surface area contributed by atoms with Gasteiger partial charge < -0.3 is 5.32 Å². The fourth-order valence-electron chi connectivity index (χ4n) is 1.75. The number of aryl methyl sites for hydroxylation is 1. The van der Waals surface area contributed by atoms with Crippen molar-refractivity contribution in [1.29, 1.82) is 0 Å². The zero-order valence-corrected chi connectivity index (χ0v) is 12.1. The number of aromatic nitrogens is 1. The maximum Gasteiger partial charge on any atom is 0.141 e. The van der Waals surface area contributed by atoms with Gasteiger partial charge in [0.1, 0.15) is 11.6 Å². The second-order valence-corrected chi connectivity index (χ2v) is 5.20. The lowest BCUT2D eigenvalue weighted by Gasteiger charge is -2.17. The lowest BCUT2D eigenvalue weighted by Crippen LogP contribution is -2.09. The Morgan fingerprint density at radius 2 is 2.00 bits per heavy atom. The molecule has 2 rings (SSSR count). The number of benzene rings is 1. The van der Waals surface area contributed by atoms with E-state index in [0.717, 1.165) is 5.56 Å². The molecule has 0 saturated heterocycles. The maximum absolute atomic E-state index is 13.5. The van der Waals surface area contributed by atoms with Crippen LogP contribution < -0.4 is 5.32 Å². The van der Waals surface area contributed by atoms with Crippen LogP contribution in [-0.2, 0) is 0 Å². The van der Waals surface area contributed by atoms with Gasteiger partial charge in [0, 0.05) is 5.69 Å². The van der Waals surface area contributed by atoms with E-state index in [0.29, 0.717) is 15.9 Å². The third-order valence-corrected chi connectivity index (χ3v) is 3.44. The third-order valence-electron chi connectivity index (χ3n) is 2.83. The second-order valence-electron chi connectivity index (χ2n) is 4.35. The molecule has 1 aromatic carbocycles. The minimum atomic E-state index is -0.373. The Balaban J connectivity index is 2.21. The first-order valence-corrected chi connectivity index (χ1v) is 6.60. The Morgan fingerprint density at radius 3 is 2.63 bits per heavy atom. The molecule has 1 atom stereocenters. The molecule has 1 heterocycles. The van der Waals surface area contributed by atoms with Gasteiger partial charge in [0.15, 0.2) is 0 Å². The predicted molar refractivity (Wildman–Crippen MR) is 75.1 cm³/mol. The van der Waals surface area contributed by atoms with Gasteiger partial charge in [-0.25, -0.2) is 8.78 Å². The van der Waals surface area contributed by atoms with Crippen LogP contribution in [0.3, 0.4) is 0 Å². The average Bonchev–Trinajstić information content (AvgIpc) is 2.36. The van der Waals surface area contributed by atoms with E-state index in [1.54, 1.807) is 12.1 Å². The van der Waals surface area contributed by atoms with Crippen LogP contribution >= 0.6 is 15.9 Å². The van der Waals surface area contributed by atoms with Crippen molar-refractivity contribution in [2.75, 3.05) is 5.32 Å². The molecule has 0 aliphatic heterocycles. The van der Waals surface area contributed by atoms with Crippen LogP contribution in [0.25, 0.3) is 0 Å². The summed E-state index contributed by atoms with van der Waals surface area (Å²) in [6, 6.07) is 5.97. The molecule has 1 unspecified atom stereocenters. The van der Waals surface area contributed by atoms with Gasteiger partial charge in [0.05, 0.1) is 22.4 Å². The van der Waals surface area contributed by atoms with Crippen molar-refractivity contribution in [1.82, 2.24) is 4.98 Å². The van der Waals surface area contributed by atoms with E-state index < -0.39 is 0 Å². The molecule has 0 radical (unpaired) electrons. The van der Waals surface area contributed by atoms with Gasteiger partial charge in [-0.1, -0.05) is 0 Å². The van der Waals surface area contributed by atoms with E-state index in [9.17, 15) is 8.78 Å². The largest absolute Gasteiger partial charge is 0.377 e. The quantitative estimate of drug-likeness (QED) is 0.891. The summed E-state index contributed by atoms with van der Waals surface area (Å²) >= 11 is 3.14. The Morgan fingerprint density at radius 1 is 1.26 bits per heavy atom. The summed E-state index contributed by atoms with van der Waals surface area (Å²) in [6.45, 7) is 3.77. The number of hydrogen-bond acceptors (Lipinski definition) is 2. The molecule has 1 aromatic heterocycles. The summed E-state index contributed by atoms with van der Waals surface area (Å²) in [5.41, 5.74) is 2.31. The van der Waals surface area contributed by atoms with Crippen LogP contribution in [0.15, 0.2) is 34.9 Å². The van der Waals surface area contributed by atoms with Crippen LogP contribution in [-0.4, -0.2) is 4.98 Å². The monoisotopic (exact) mass is 326 g/mol. The summed E-state index contributed by atoms with van der Waals surface area (Å²) in [5, 5.41) is 3.17. The summed E-state index contributed by atoms with van der Waals surface area (Å²) in [4.78, 5) is 4.00. The molecule has 0 aliphatic rings. The number of anilines is 1. The maximum atomic E-state index is 13.5. The van der Waals surface area contributed by atoms with Gasteiger partial charge in [-0.05, 0) is 59.6 Å². The Labute approximate surface area is 119 Å². The van der Waals surface area contributed by atoms with Crippen molar-refractivity contribution in [3.8, 4) is 0 Å². The SMILES string of the molecule is Cc1cc(Br)c(F)cc1NC(C)c1ccc(F)cn1. The summed E-state index contributed by atoms with van der Waals surface area (Å²) in [7, 11) is 0. The summed E-state index contributed by atoms with van der Waals surface area (Å²) in [6.07, 6.45) is 1.17. The smallest absolute Gasteiger partial charge is 0.141 e. The minimum Gasteiger partial charge on any atom is -0.377 e. The Bertz CT molecular complexity index is 585. The highest BCUT2D eigenvalue weighted by molar-refractivity contribution is 9.10. The Hall–Kier alpha value is -1.49. The molecule has 1 N–H and O–H groups in total. The van der Waals surface area contributed by atoms with Gasteiger partial charge in [0.25, 0.3) is 0 Å². The van der Waals surface area contributed by atoms with Crippen molar-refractivity contribution in [3.63, 3.8) is 0 Å². The van der Waals surface area contributed by atoms with Gasteiger partial charge in [0.2, 0.25) is 0 Å². The van der Waals surface area contributed by atoms with Crippen LogP contribution in [0.1, 0.15) is 24.2 Å². The zero-order chi connectivity index (χ0) is 14.0. The number of nitrogens with one attached hydrogen (secondary N) is 1. The number of hydrogen-bond donors (Lipinski definition) is 1. The van der Waals surface area contributed by atoms with Gasteiger partial charge in [-0.3, -0.25) is 4.98 Å². The molecule has 0 amide bonds. The van der Waals surface area contributed by atoms with Crippen LogP contribution in [0, 0.1) is 18.6 Å². The number of nitrogens with zero attached hydrogens (tertiary/aromatic N) is 1. The molecule has 2 aromatic rings. The standard InChI is InChI=1S/C14H13BrF2N2/c1-8-5-11(15)12(17)6-14(8)19-9(2)13-4-3-10(16)7-18-13/h3-7,9,19H,1-2H3. The molecule has 0 spiro atoms. The van der Waals surface area contributed by atoms with Gasteiger partial charge in [-0.2, -0.15) is 0 Å². The van der Waals surface area contributed by atoms with Crippen molar-refractivity contribution >= 4 is 21.6 Å². The predicted octanol–water partition coefficient (Wildman–Crippen LogP) is 4.60. The lowest BCUT2D eigenvalue weighted by molar-refractivity contribution is 0.617. The van der Waals surface area contributed by atoms with E-state index in [4.69, 9.17) is 0 Å². The molecular weight excluding hydrogens is 314 g/mol. The summed E-state index contributed by atoms with van der Waals surface area (Å²) in [5.74, 6) is -0.700. The molecule has 0 aliphatic carbocycles. The van der Waals surface area contributed by atoms with Crippen LogP contribution in [0.2, 0.25) is 0 Å². The number of halogens is 3. The normalized spacial score (nSPS) is 12.3. The van der Waals surface area contributed by atoms with E-state index in [1.807, 2.05) is 13.8 Å². The highest BCUT2D eigenvalue weighted by atomic mass is 79.9. The molecule has 0 fully saturated rings. The molecule has 2 nitrogen and oxygen atoms in total. The fourth-order valence-corrected chi connectivity index (χ4v) is 2.21. The first kappa shape index (κ1) is 13.9. The van der Waals surface area contributed by atoms with Crippen molar-refractivity contribution in [2.24, 2.45) is 0 Å². The van der Waals surface area contributed by atoms with E-state index >= 15 is 0 Å². The number of rotatable bonds is 3. The highest BCUT2D eigenvalue weighted by Crippen LogP contribution is 2.26. The molecule has 5 heteroatoms. The van der Waals surface area contributed by atoms with Crippen molar-refractivity contribution < 1.29 is 8.78 Å². The first-order valence-electron chi connectivity index (χ1n) is 5.81. The van der Waals surface area contributed by atoms with Gasteiger partial charge in [-0.15, -0.1) is 0 Å². The van der Waals surface area contributed by atoms with Gasteiger partial charge >= 0.3 is 0 Å². The Kier molecular flexibility index (Phi) is 4.14. The summed E-state index contributed by atoms with van der Waals surface area (Å²) < 4.78 is 26.7. The second kappa shape index (κ2) is 5.65. The molecular formula is C14H13BrF2N2. The molecule has 19 heavy (non-hydrogen) atoms. The molecule has 100 valence electrons. The van der Waals surface area contributed by atoms with Crippen molar-refractivity contribution in [2.45, 2.75) is 19.9 Å². The topological polar surface area (TPSA) is 24.9 Å². The minimum absolute atomic E-state index is 0.139. The molecule has 0 bridgehead atoms. The lowest BCUT2D eigenvalue weighted by atomic mass is 10.1. The van der Waals surface area contributed by atoms with Crippen LogP contribution in [0.4, 0.5) is 14.5 Å². The fraction of sp³-hybridized carbons (Fsp3) is 0.214.